The van der Waals surface area contributed by atoms with E-state index >= 15 is 0 Å². The van der Waals surface area contributed by atoms with E-state index in [0.717, 1.165) is 30.8 Å². The summed E-state index contributed by atoms with van der Waals surface area (Å²) in [6.07, 6.45) is 2.66. The van der Waals surface area contributed by atoms with Crippen molar-refractivity contribution >= 4 is 17.1 Å². The lowest BCUT2D eigenvalue weighted by molar-refractivity contribution is 0.0969. The van der Waals surface area contributed by atoms with E-state index in [1.165, 1.54) is 11.3 Å². The first-order valence-corrected chi connectivity index (χ1v) is 7.52. The van der Waals surface area contributed by atoms with Gasteiger partial charge in [0.15, 0.2) is 5.78 Å². The molecule has 1 aliphatic heterocycles. The molecule has 0 spiro atoms. The third-order valence-corrected chi connectivity index (χ3v) is 4.74. The summed E-state index contributed by atoms with van der Waals surface area (Å²) < 4.78 is 0. The van der Waals surface area contributed by atoms with Crippen LogP contribution >= 0.6 is 11.3 Å². The van der Waals surface area contributed by atoms with Crippen molar-refractivity contribution in [3.8, 4) is 0 Å². The highest BCUT2D eigenvalue weighted by molar-refractivity contribution is 7.12. The first kappa shape index (κ1) is 13.7. The lowest BCUT2D eigenvalue weighted by Gasteiger charge is -2.24. The van der Waals surface area contributed by atoms with E-state index in [1.807, 2.05) is 17.5 Å². The van der Waals surface area contributed by atoms with Crippen molar-refractivity contribution in [1.29, 1.82) is 0 Å². The van der Waals surface area contributed by atoms with Crippen molar-refractivity contribution in [3.63, 3.8) is 0 Å². The number of nitrogens with zero attached hydrogens (tertiary/aromatic N) is 1. The first-order valence-electron chi connectivity index (χ1n) is 6.64. The number of aliphatic hydroxyl groups excluding tert-OH is 1. The van der Waals surface area contributed by atoms with Gasteiger partial charge in [-0.2, -0.15) is 0 Å². The zero-order chi connectivity index (χ0) is 13.0. The molecule has 2 heterocycles. The third kappa shape index (κ3) is 3.19. The van der Waals surface area contributed by atoms with E-state index in [2.05, 4.69) is 11.8 Å². The number of carbonyl (C=O) groups excluding carboxylic acids is 1. The van der Waals surface area contributed by atoms with Crippen LogP contribution in [-0.4, -0.2) is 41.5 Å². The second kappa shape index (κ2) is 6.45. The molecule has 0 radical (unpaired) electrons. The summed E-state index contributed by atoms with van der Waals surface area (Å²) in [5.74, 6) is 0.820. The molecule has 0 bridgehead atoms. The Morgan fingerprint density at radius 1 is 1.61 bits per heavy atom. The van der Waals surface area contributed by atoms with Gasteiger partial charge in [0.05, 0.1) is 11.5 Å². The Bertz CT molecular complexity index is 377. The molecule has 0 aliphatic carbocycles. The van der Waals surface area contributed by atoms with Crippen LogP contribution in [0, 0.1) is 5.92 Å². The van der Waals surface area contributed by atoms with Crippen molar-refractivity contribution in [2.45, 2.75) is 32.2 Å². The average molecular weight is 267 g/mol. The number of ketones is 1. The molecule has 1 aromatic rings. The molecule has 1 aromatic heterocycles. The molecule has 0 saturated carbocycles. The summed E-state index contributed by atoms with van der Waals surface area (Å²) in [5, 5.41) is 11.3. The molecule has 1 saturated heterocycles. The third-order valence-electron chi connectivity index (χ3n) is 3.83. The lowest BCUT2D eigenvalue weighted by Crippen LogP contribution is -2.35. The van der Waals surface area contributed by atoms with E-state index in [1.54, 1.807) is 0 Å². The molecule has 0 aromatic carbocycles. The van der Waals surface area contributed by atoms with Crippen molar-refractivity contribution in [3.05, 3.63) is 22.4 Å². The number of hydrogen-bond donors (Lipinski definition) is 1. The van der Waals surface area contributed by atoms with Gasteiger partial charge in [0.2, 0.25) is 0 Å². The Balaban J connectivity index is 1.74. The number of aliphatic hydroxyl groups is 1. The quantitative estimate of drug-likeness (QED) is 0.805. The minimum atomic E-state index is 0.236. The normalized spacial score (nSPS) is 24.6. The van der Waals surface area contributed by atoms with E-state index in [-0.39, 0.29) is 12.4 Å². The predicted octanol–water partition coefficient (Wildman–Crippen LogP) is 2.41. The van der Waals surface area contributed by atoms with Gasteiger partial charge in [0.1, 0.15) is 0 Å². The molecule has 100 valence electrons. The summed E-state index contributed by atoms with van der Waals surface area (Å²) in [7, 11) is 0. The van der Waals surface area contributed by atoms with Crippen LogP contribution in [0.2, 0.25) is 0 Å². The van der Waals surface area contributed by atoms with Gasteiger partial charge in [-0.25, -0.2) is 0 Å². The molecule has 4 heteroatoms. The molecule has 2 rings (SSSR count). The summed E-state index contributed by atoms with van der Waals surface area (Å²) in [4.78, 5) is 15.0. The fourth-order valence-electron chi connectivity index (χ4n) is 2.66. The fraction of sp³-hybridized carbons (Fsp3) is 0.643. The van der Waals surface area contributed by atoms with E-state index < -0.39 is 0 Å². The van der Waals surface area contributed by atoms with Crippen molar-refractivity contribution in [1.82, 2.24) is 4.90 Å². The molecule has 1 N–H and O–H groups in total. The van der Waals surface area contributed by atoms with Crippen molar-refractivity contribution in [2.24, 2.45) is 5.92 Å². The monoisotopic (exact) mass is 267 g/mol. The van der Waals surface area contributed by atoms with E-state index in [0.29, 0.717) is 18.4 Å². The van der Waals surface area contributed by atoms with Gasteiger partial charge in [-0.15, -0.1) is 11.3 Å². The predicted molar refractivity (Wildman–Crippen MR) is 74.1 cm³/mol. The van der Waals surface area contributed by atoms with Gasteiger partial charge in [-0.1, -0.05) is 13.0 Å². The number of hydrogen-bond acceptors (Lipinski definition) is 4. The standard InChI is InChI=1S/C14H21NO2S/c1-11-6-8-15(12(11)10-16)7-2-4-13(17)14-5-3-9-18-14/h3,5,9,11-12,16H,2,4,6-8,10H2,1H3. The SMILES string of the molecule is CC1CCN(CCCC(=O)c2cccs2)C1CO. The molecule has 0 amide bonds. The number of likely N-dealkylation sites (tertiary alicyclic amines) is 1. The van der Waals surface area contributed by atoms with Crippen LogP contribution in [0.25, 0.3) is 0 Å². The first-order chi connectivity index (χ1) is 8.72. The Morgan fingerprint density at radius 3 is 3.11 bits per heavy atom. The second-order valence-corrected chi connectivity index (χ2v) is 6.00. The van der Waals surface area contributed by atoms with Crippen LogP contribution in [-0.2, 0) is 0 Å². The van der Waals surface area contributed by atoms with Crippen LogP contribution in [0.15, 0.2) is 17.5 Å². The highest BCUT2D eigenvalue weighted by Crippen LogP contribution is 2.24. The fourth-order valence-corrected chi connectivity index (χ4v) is 3.36. The van der Waals surface area contributed by atoms with Gasteiger partial charge in [0, 0.05) is 12.5 Å². The van der Waals surface area contributed by atoms with Crippen LogP contribution < -0.4 is 0 Å². The maximum atomic E-state index is 11.8. The molecule has 3 nitrogen and oxygen atoms in total. The highest BCUT2D eigenvalue weighted by atomic mass is 32.1. The summed E-state index contributed by atoms with van der Waals surface area (Å²) in [6.45, 7) is 4.41. The Morgan fingerprint density at radius 2 is 2.44 bits per heavy atom. The molecule has 1 aliphatic rings. The van der Waals surface area contributed by atoms with Gasteiger partial charge in [-0.05, 0) is 43.3 Å². The zero-order valence-electron chi connectivity index (χ0n) is 10.8. The van der Waals surface area contributed by atoms with Crippen LogP contribution in [0.1, 0.15) is 35.9 Å². The smallest absolute Gasteiger partial charge is 0.172 e. The summed E-state index contributed by atoms with van der Waals surface area (Å²) >= 11 is 1.52. The van der Waals surface area contributed by atoms with Gasteiger partial charge >= 0.3 is 0 Å². The second-order valence-electron chi connectivity index (χ2n) is 5.06. The van der Waals surface area contributed by atoms with Crippen molar-refractivity contribution < 1.29 is 9.90 Å². The minimum absolute atomic E-state index is 0.236. The number of Topliss-reactive ketones (excluding diaryl/α,β-unsaturated/α-hetero) is 1. The van der Waals surface area contributed by atoms with Crippen molar-refractivity contribution in [2.75, 3.05) is 19.7 Å². The van der Waals surface area contributed by atoms with Crippen LogP contribution in [0.4, 0.5) is 0 Å². The topological polar surface area (TPSA) is 40.5 Å². The summed E-state index contributed by atoms with van der Waals surface area (Å²) in [5.41, 5.74) is 0. The lowest BCUT2D eigenvalue weighted by atomic mass is 10.0. The Kier molecular flexibility index (Phi) is 4.92. The van der Waals surface area contributed by atoms with Crippen LogP contribution in [0.3, 0.4) is 0 Å². The molecule has 2 unspecified atom stereocenters. The van der Waals surface area contributed by atoms with Gasteiger partial charge in [-0.3, -0.25) is 9.69 Å². The molecule has 2 atom stereocenters. The molecular weight excluding hydrogens is 246 g/mol. The Hall–Kier alpha value is -0.710. The van der Waals surface area contributed by atoms with Gasteiger partial charge < -0.3 is 5.11 Å². The largest absolute Gasteiger partial charge is 0.395 e. The van der Waals surface area contributed by atoms with Gasteiger partial charge in [0.25, 0.3) is 0 Å². The number of thiophene rings is 1. The Labute approximate surface area is 112 Å². The minimum Gasteiger partial charge on any atom is -0.395 e. The van der Waals surface area contributed by atoms with E-state index in [9.17, 15) is 9.90 Å². The van der Waals surface area contributed by atoms with E-state index in [4.69, 9.17) is 0 Å². The molecule has 18 heavy (non-hydrogen) atoms. The molecular formula is C14H21NO2S. The molecule has 1 fully saturated rings. The number of carbonyl (C=O) groups is 1. The number of rotatable bonds is 6. The zero-order valence-corrected chi connectivity index (χ0v) is 11.7. The maximum Gasteiger partial charge on any atom is 0.172 e. The van der Waals surface area contributed by atoms with Crippen LogP contribution in [0.5, 0.6) is 0 Å². The highest BCUT2D eigenvalue weighted by Gasteiger charge is 2.29. The average Bonchev–Trinajstić information content (AvgIpc) is 2.99. The maximum absolute atomic E-state index is 11.8. The summed E-state index contributed by atoms with van der Waals surface area (Å²) in [6, 6.07) is 4.10.